The van der Waals surface area contributed by atoms with E-state index in [9.17, 15) is 14.4 Å². The topological polar surface area (TPSA) is 88.1 Å². The highest BCUT2D eigenvalue weighted by molar-refractivity contribution is 7.80. The largest absolute Gasteiger partial charge is 0.456 e. The highest BCUT2D eigenvalue weighted by atomic mass is 32.1. The second-order valence-corrected chi connectivity index (χ2v) is 4.53. The van der Waals surface area contributed by atoms with Gasteiger partial charge in [0, 0.05) is 20.8 Å². The third-order valence-corrected chi connectivity index (χ3v) is 2.77. The number of carbonyl (C=O) groups excluding carboxylic acids is 3. The minimum Gasteiger partial charge on any atom is -0.456 e. The van der Waals surface area contributed by atoms with Crippen molar-refractivity contribution in [2.45, 2.75) is 44.5 Å². The van der Waals surface area contributed by atoms with E-state index in [1.807, 2.05) is 0 Å². The zero-order chi connectivity index (χ0) is 14.6. The second-order valence-electron chi connectivity index (χ2n) is 4.02. The number of esters is 3. The van der Waals surface area contributed by atoms with Crippen molar-refractivity contribution >= 4 is 30.5 Å². The maximum atomic E-state index is 11.1. The molecule has 0 amide bonds. The summed E-state index contributed by atoms with van der Waals surface area (Å²) in [6.07, 6.45) is -2.72. The van der Waals surface area contributed by atoms with Crippen molar-refractivity contribution in [3.8, 4) is 0 Å². The maximum Gasteiger partial charge on any atom is 0.303 e. The lowest BCUT2D eigenvalue weighted by molar-refractivity contribution is -0.213. The van der Waals surface area contributed by atoms with Crippen LogP contribution < -0.4 is 0 Å². The van der Waals surface area contributed by atoms with E-state index in [0.29, 0.717) is 0 Å². The van der Waals surface area contributed by atoms with Crippen LogP contribution in [0.2, 0.25) is 0 Å². The van der Waals surface area contributed by atoms with Crippen molar-refractivity contribution < 1.29 is 33.3 Å². The molecule has 0 spiro atoms. The normalized spacial score (nSPS) is 30.3. The first-order valence-corrected chi connectivity index (χ1v) is 6.14. The fourth-order valence-corrected chi connectivity index (χ4v) is 2.04. The van der Waals surface area contributed by atoms with Crippen LogP contribution in [0, 0.1) is 0 Å². The Balaban J connectivity index is 2.89. The van der Waals surface area contributed by atoms with E-state index >= 15 is 0 Å². The zero-order valence-corrected chi connectivity index (χ0v) is 11.7. The van der Waals surface area contributed by atoms with Gasteiger partial charge in [0.25, 0.3) is 0 Å². The molecule has 1 saturated heterocycles. The highest BCUT2D eigenvalue weighted by Crippen LogP contribution is 2.26. The first-order chi connectivity index (χ1) is 8.81. The average Bonchev–Trinajstić information content (AvgIpc) is 2.25. The van der Waals surface area contributed by atoms with Gasteiger partial charge in [-0.3, -0.25) is 14.4 Å². The zero-order valence-electron chi connectivity index (χ0n) is 10.8. The number of ether oxygens (including phenoxy) is 4. The molecule has 1 heterocycles. The fraction of sp³-hybridized carbons (Fsp3) is 0.727. The summed E-state index contributed by atoms with van der Waals surface area (Å²) in [6, 6.07) is 0. The first-order valence-electron chi connectivity index (χ1n) is 5.62. The van der Waals surface area contributed by atoms with Gasteiger partial charge in [0.2, 0.25) is 0 Å². The van der Waals surface area contributed by atoms with Gasteiger partial charge in [0.15, 0.2) is 18.3 Å². The van der Waals surface area contributed by atoms with Crippen molar-refractivity contribution in [1.82, 2.24) is 0 Å². The Kier molecular flexibility index (Phi) is 5.61. The van der Waals surface area contributed by atoms with Crippen LogP contribution >= 0.6 is 12.6 Å². The third kappa shape index (κ3) is 4.71. The van der Waals surface area contributed by atoms with Gasteiger partial charge in [-0.05, 0) is 0 Å². The van der Waals surface area contributed by atoms with E-state index in [4.69, 9.17) is 18.9 Å². The van der Waals surface area contributed by atoms with Gasteiger partial charge in [-0.15, -0.1) is 12.6 Å². The summed E-state index contributed by atoms with van der Waals surface area (Å²) in [7, 11) is 0. The standard InChI is InChI=1S/C11H16O7S/c1-5(12)16-8-4-15-11(19)10(18-7(3)14)9(8)17-6(2)13/h8-11,19H,4H2,1-3H3/t8-,9+,10-,11+/m1/s1. The number of hydrogen-bond donors (Lipinski definition) is 1. The summed E-state index contributed by atoms with van der Waals surface area (Å²) >= 11 is 4.11. The quantitative estimate of drug-likeness (QED) is 0.447. The van der Waals surface area contributed by atoms with Gasteiger partial charge in [0.05, 0.1) is 6.61 Å². The molecule has 8 heteroatoms. The highest BCUT2D eigenvalue weighted by Gasteiger charge is 2.45. The number of thiol groups is 1. The van der Waals surface area contributed by atoms with Crippen LogP contribution in [0.3, 0.4) is 0 Å². The smallest absolute Gasteiger partial charge is 0.303 e. The van der Waals surface area contributed by atoms with Crippen LogP contribution in [0.15, 0.2) is 0 Å². The molecule has 0 unspecified atom stereocenters. The summed E-state index contributed by atoms with van der Waals surface area (Å²) in [5, 5.41) is 0. The van der Waals surface area contributed by atoms with Crippen molar-refractivity contribution in [2.24, 2.45) is 0 Å². The SMILES string of the molecule is CC(=O)O[C@@H]1[C@@H](OC(C)=O)[C@H](OC(C)=O)CO[C@H]1S. The third-order valence-electron chi connectivity index (χ3n) is 2.32. The van der Waals surface area contributed by atoms with Crippen LogP contribution in [0.25, 0.3) is 0 Å². The van der Waals surface area contributed by atoms with Crippen LogP contribution in [-0.4, -0.2) is 48.3 Å². The summed E-state index contributed by atoms with van der Waals surface area (Å²) in [4.78, 5) is 33.2. The van der Waals surface area contributed by atoms with Crippen LogP contribution in [0.4, 0.5) is 0 Å². The van der Waals surface area contributed by atoms with E-state index in [-0.39, 0.29) is 6.61 Å². The Morgan fingerprint density at radius 3 is 1.89 bits per heavy atom. The van der Waals surface area contributed by atoms with E-state index in [1.54, 1.807) is 0 Å². The molecule has 0 aromatic rings. The Labute approximate surface area is 115 Å². The Morgan fingerprint density at radius 1 is 0.947 bits per heavy atom. The molecule has 0 radical (unpaired) electrons. The molecule has 0 aromatic carbocycles. The molecule has 0 N–H and O–H groups in total. The number of carbonyl (C=O) groups is 3. The van der Waals surface area contributed by atoms with Crippen LogP contribution in [0.1, 0.15) is 20.8 Å². The summed E-state index contributed by atoms with van der Waals surface area (Å²) < 4.78 is 20.3. The number of rotatable bonds is 3. The molecule has 19 heavy (non-hydrogen) atoms. The molecule has 1 fully saturated rings. The molecule has 108 valence electrons. The molecule has 0 aromatic heterocycles. The second kappa shape index (κ2) is 6.76. The van der Waals surface area contributed by atoms with E-state index in [2.05, 4.69) is 12.6 Å². The lowest BCUT2D eigenvalue weighted by atomic mass is 10.1. The number of hydrogen-bond acceptors (Lipinski definition) is 8. The Hall–Kier alpha value is -1.28. The van der Waals surface area contributed by atoms with Crippen molar-refractivity contribution in [3.63, 3.8) is 0 Å². The average molecular weight is 292 g/mol. The molecule has 7 nitrogen and oxygen atoms in total. The molecular weight excluding hydrogens is 276 g/mol. The Bertz CT molecular complexity index is 370. The first kappa shape index (κ1) is 15.8. The Morgan fingerprint density at radius 2 is 1.42 bits per heavy atom. The van der Waals surface area contributed by atoms with Gasteiger partial charge >= 0.3 is 17.9 Å². The van der Waals surface area contributed by atoms with Gasteiger partial charge in [-0.25, -0.2) is 0 Å². The molecule has 1 rings (SSSR count). The maximum absolute atomic E-state index is 11.1. The van der Waals surface area contributed by atoms with Gasteiger partial charge in [0.1, 0.15) is 5.44 Å². The summed E-state index contributed by atoms with van der Waals surface area (Å²) in [5.74, 6) is -1.71. The lowest BCUT2D eigenvalue weighted by Crippen LogP contribution is -2.55. The molecule has 1 aliphatic heterocycles. The van der Waals surface area contributed by atoms with E-state index in [0.717, 1.165) is 0 Å². The molecule has 1 aliphatic rings. The molecule has 4 atom stereocenters. The van der Waals surface area contributed by atoms with Gasteiger partial charge in [-0.1, -0.05) is 0 Å². The molecule has 0 bridgehead atoms. The van der Waals surface area contributed by atoms with Crippen LogP contribution in [0.5, 0.6) is 0 Å². The lowest BCUT2D eigenvalue weighted by Gasteiger charge is -2.38. The van der Waals surface area contributed by atoms with E-state index < -0.39 is 41.7 Å². The minimum absolute atomic E-state index is 0.00343. The molecule has 0 saturated carbocycles. The predicted octanol–water partition coefficient (Wildman–Crippen LogP) is 0.0676. The fourth-order valence-electron chi connectivity index (χ4n) is 1.72. The predicted molar refractivity (Wildman–Crippen MR) is 65.4 cm³/mol. The van der Waals surface area contributed by atoms with Gasteiger partial charge < -0.3 is 18.9 Å². The summed E-state index contributed by atoms with van der Waals surface area (Å²) in [6.45, 7) is 3.64. The molecule has 0 aliphatic carbocycles. The van der Waals surface area contributed by atoms with Crippen molar-refractivity contribution in [1.29, 1.82) is 0 Å². The molecular formula is C11H16O7S. The summed E-state index contributed by atoms with van der Waals surface area (Å²) in [5.41, 5.74) is -0.764. The van der Waals surface area contributed by atoms with Gasteiger partial charge in [-0.2, -0.15) is 0 Å². The van der Waals surface area contributed by atoms with Crippen molar-refractivity contribution in [2.75, 3.05) is 6.61 Å². The monoisotopic (exact) mass is 292 g/mol. The van der Waals surface area contributed by atoms with E-state index in [1.165, 1.54) is 20.8 Å². The minimum atomic E-state index is -0.943. The van der Waals surface area contributed by atoms with Crippen LogP contribution in [-0.2, 0) is 33.3 Å². The van der Waals surface area contributed by atoms with Crippen molar-refractivity contribution in [3.05, 3.63) is 0 Å².